The van der Waals surface area contributed by atoms with Crippen molar-refractivity contribution in [2.24, 2.45) is 0 Å². The lowest BCUT2D eigenvalue weighted by Crippen LogP contribution is -2.26. The number of amides is 1. The van der Waals surface area contributed by atoms with Gasteiger partial charge in [0.05, 0.1) is 6.61 Å². The van der Waals surface area contributed by atoms with Gasteiger partial charge in [-0.25, -0.2) is 4.98 Å². The van der Waals surface area contributed by atoms with Crippen molar-refractivity contribution in [3.8, 4) is 11.4 Å². The zero-order chi connectivity index (χ0) is 25.9. The minimum absolute atomic E-state index is 0.259. The van der Waals surface area contributed by atoms with Crippen LogP contribution in [0.4, 0.5) is 5.69 Å². The fourth-order valence-corrected chi connectivity index (χ4v) is 4.93. The molecular formula is C27H33N3O4S. The molecule has 0 atom stereocenters. The van der Waals surface area contributed by atoms with Gasteiger partial charge in [-0.3, -0.25) is 9.59 Å². The Hall–Kier alpha value is -3.10. The molecule has 0 unspecified atom stereocenters. The maximum atomic E-state index is 13.3. The number of carbonyl (C=O) groups excluding carboxylic acids is 1. The van der Waals surface area contributed by atoms with E-state index in [1.807, 2.05) is 68.7 Å². The number of carbonyl (C=O) groups is 2. The van der Waals surface area contributed by atoms with Crippen molar-refractivity contribution in [2.45, 2.75) is 57.7 Å². The third-order valence-corrected chi connectivity index (χ3v) is 7.06. The summed E-state index contributed by atoms with van der Waals surface area (Å²) in [6, 6.07) is 11.7. The van der Waals surface area contributed by atoms with Crippen LogP contribution in [0.2, 0.25) is 0 Å². The molecule has 7 nitrogen and oxygen atoms in total. The molecular weight excluding hydrogens is 462 g/mol. The number of aryl methyl sites for hydroxylation is 3. The van der Waals surface area contributed by atoms with Crippen molar-refractivity contribution in [1.29, 1.82) is 0 Å². The summed E-state index contributed by atoms with van der Waals surface area (Å²) in [4.78, 5) is 30.3. The van der Waals surface area contributed by atoms with Gasteiger partial charge in [0.1, 0.15) is 16.3 Å². The Morgan fingerprint density at radius 3 is 2.23 bits per heavy atom. The number of nitrogens with zero attached hydrogens (tertiary/aromatic N) is 2. The number of nitrogens with one attached hydrogen (secondary N) is 1. The quantitative estimate of drug-likeness (QED) is 0.373. The summed E-state index contributed by atoms with van der Waals surface area (Å²) in [5, 5.41) is 12.5. The van der Waals surface area contributed by atoms with Crippen LogP contribution in [0.3, 0.4) is 0 Å². The van der Waals surface area contributed by atoms with E-state index in [0.29, 0.717) is 24.7 Å². The Morgan fingerprint density at radius 2 is 1.69 bits per heavy atom. The molecule has 0 aliphatic rings. The largest absolute Gasteiger partial charge is 0.480 e. The maximum Gasteiger partial charge on any atom is 0.319 e. The molecule has 2 N–H and O–H groups in total. The molecule has 0 spiro atoms. The van der Waals surface area contributed by atoms with Crippen LogP contribution in [-0.2, 0) is 16.1 Å². The number of aliphatic carboxylic acids is 1. The highest BCUT2D eigenvalue weighted by molar-refractivity contribution is 8.01. The van der Waals surface area contributed by atoms with Crippen LogP contribution >= 0.6 is 11.8 Å². The Morgan fingerprint density at radius 1 is 1.09 bits per heavy atom. The number of carboxylic acid groups (broad SMARTS) is 1. The topological polar surface area (TPSA) is 93.4 Å². The fourth-order valence-electron chi connectivity index (χ4n) is 3.99. The minimum atomic E-state index is -0.938. The van der Waals surface area contributed by atoms with E-state index in [9.17, 15) is 14.7 Å². The second-order valence-corrected chi connectivity index (χ2v) is 10.9. The molecule has 0 aliphatic carbocycles. The average molecular weight is 496 g/mol. The van der Waals surface area contributed by atoms with Crippen LogP contribution in [0.15, 0.2) is 41.3 Å². The Balaban J connectivity index is 1.96. The van der Waals surface area contributed by atoms with E-state index in [-0.39, 0.29) is 5.91 Å². The smallest absolute Gasteiger partial charge is 0.319 e. The summed E-state index contributed by atoms with van der Waals surface area (Å²) >= 11 is 1.28. The van der Waals surface area contributed by atoms with E-state index >= 15 is 0 Å². The van der Waals surface area contributed by atoms with Gasteiger partial charge < -0.3 is 19.7 Å². The highest BCUT2D eigenvalue weighted by Gasteiger charge is 2.28. The number of methoxy groups -OCH3 is 1. The number of hydrogen-bond acceptors (Lipinski definition) is 5. The molecule has 3 rings (SSSR count). The average Bonchev–Trinajstić information content (AvgIpc) is 3.11. The molecule has 2 aromatic carbocycles. The van der Waals surface area contributed by atoms with Crippen LogP contribution in [0.25, 0.3) is 11.4 Å². The van der Waals surface area contributed by atoms with Gasteiger partial charge in [0, 0.05) is 35.5 Å². The van der Waals surface area contributed by atoms with Crippen molar-refractivity contribution >= 4 is 29.3 Å². The van der Waals surface area contributed by atoms with Gasteiger partial charge in [-0.1, -0.05) is 29.8 Å². The van der Waals surface area contributed by atoms with Crippen molar-refractivity contribution in [2.75, 3.05) is 19.0 Å². The lowest BCUT2D eigenvalue weighted by atomic mass is 10.0. The van der Waals surface area contributed by atoms with Gasteiger partial charge >= 0.3 is 5.97 Å². The summed E-state index contributed by atoms with van der Waals surface area (Å²) in [6.45, 7) is 12.3. The molecule has 8 heteroatoms. The van der Waals surface area contributed by atoms with Crippen LogP contribution < -0.4 is 5.32 Å². The number of anilines is 1. The van der Waals surface area contributed by atoms with Gasteiger partial charge in [0.2, 0.25) is 0 Å². The Bertz CT molecular complexity index is 1220. The first kappa shape index (κ1) is 26.5. The lowest BCUT2D eigenvalue weighted by Gasteiger charge is -2.18. The zero-order valence-corrected chi connectivity index (χ0v) is 22.2. The number of rotatable bonds is 9. The monoisotopic (exact) mass is 495 g/mol. The second-order valence-electron chi connectivity index (χ2n) is 9.18. The van der Waals surface area contributed by atoms with E-state index in [4.69, 9.17) is 9.72 Å². The Labute approximate surface area is 210 Å². The molecule has 0 saturated carbocycles. The molecule has 0 aliphatic heterocycles. The first-order valence-corrected chi connectivity index (χ1v) is 12.2. The van der Waals surface area contributed by atoms with Gasteiger partial charge in [-0.15, -0.1) is 11.8 Å². The maximum absolute atomic E-state index is 13.3. The summed E-state index contributed by atoms with van der Waals surface area (Å²) in [7, 11) is 1.64. The molecule has 0 radical (unpaired) electrons. The number of carboxylic acids is 1. The molecule has 35 heavy (non-hydrogen) atoms. The summed E-state index contributed by atoms with van der Waals surface area (Å²) < 4.78 is 6.33. The van der Waals surface area contributed by atoms with Crippen molar-refractivity contribution in [3.05, 3.63) is 64.5 Å². The second kappa shape index (κ2) is 10.7. The van der Waals surface area contributed by atoms with Crippen LogP contribution in [0.1, 0.15) is 46.7 Å². The van der Waals surface area contributed by atoms with Gasteiger partial charge in [0.25, 0.3) is 5.91 Å². The third-order valence-electron chi connectivity index (χ3n) is 5.87. The first-order valence-electron chi connectivity index (χ1n) is 11.4. The van der Waals surface area contributed by atoms with E-state index in [0.717, 1.165) is 38.5 Å². The number of aromatic nitrogens is 2. The van der Waals surface area contributed by atoms with E-state index in [1.165, 1.54) is 11.8 Å². The predicted octanol–water partition coefficient (Wildman–Crippen LogP) is 5.64. The van der Waals surface area contributed by atoms with Crippen LogP contribution in [0, 0.1) is 27.7 Å². The summed E-state index contributed by atoms with van der Waals surface area (Å²) in [5.74, 6) is -0.464. The predicted molar refractivity (Wildman–Crippen MR) is 140 cm³/mol. The van der Waals surface area contributed by atoms with Gasteiger partial charge in [-0.05, 0) is 64.8 Å². The van der Waals surface area contributed by atoms with Crippen LogP contribution in [-0.4, -0.2) is 45.0 Å². The van der Waals surface area contributed by atoms with Gasteiger partial charge in [-0.2, -0.15) is 0 Å². The number of hydrogen-bond donors (Lipinski definition) is 2. The fraction of sp³-hybridized carbons (Fsp3) is 0.370. The summed E-state index contributed by atoms with van der Waals surface area (Å²) in [6.07, 6.45) is 0. The molecule has 1 heterocycles. The van der Waals surface area contributed by atoms with Crippen molar-refractivity contribution in [3.63, 3.8) is 0 Å². The lowest BCUT2D eigenvalue weighted by molar-refractivity contribution is -0.138. The highest BCUT2D eigenvalue weighted by Crippen LogP contribution is 2.34. The number of thioether (sulfide) groups is 1. The number of benzene rings is 2. The molecule has 1 amide bonds. The number of imidazole rings is 1. The van der Waals surface area contributed by atoms with E-state index in [1.54, 1.807) is 21.0 Å². The van der Waals surface area contributed by atoms with E-state index in [2.05, 4.69) is 5.32 Å². The molecule has 1 aromatic heterocycles. The van der Waals surface area contributed by atoms with E-state index < -0.39 is 10.7 Å². The molecule has 3 aromatic rings. The standard InChI is InChI=1S/C27H33N3O4S/c1-16-14-17(2)22(18(3)15-16)29-25(31)23-19(4)30(12-13-34-7)24(28-23)20-8-10-21(11-9-20)35-27(5,6)26(32)33/h8-11,14-15H,12-13H2,1-7H3,(H,29,31)(H,32,33). The first-order chi connectivity index (χ1) is 16.4. The van der Waals surface area contributed by atoms with Crippen molar-refractivity contribution in [1.82, 2.24) is 9.55 Å². The molecule has 0 bridgehead atoms. The Kier molecular flexibility index (Phi) is 8.07. The van der Waals surface area contributed by atoms with Crippen LogP contribution in [0.5, 0.6) is 0 Å². The molecule has 0 saturated heterocycles. The highest BCUT2D eigenvalue weighted by atomic mass is 32.2. The minimum Gasteiger partial charge on any atom is -0.480 e. The molecule has 0 fully saturated rings. The van der Waals surface area contributed by atoms with Gasteiger partial charge in [0.15, 0.2) is 0 Å². The molecule has 186 valence electrons. The zero-order valence-electron chi connectivity index (χ0n) is 21.4. The SMILES string of the molecule is COCCn1c(-c2ccc(SC(C)(C)C(=O)O)cc2)nc(C(=O)Nc2c(C)cc(C)cc2C)c1C. The normalized spacial score (nSPS) is 11.5. The third kappa shape index (κ3) is 5.94. The number of ether oxygens (including phenoxy) is 1. The van der Waals surface area contributed by atoms with Crippen molar-refractivity contribution < 1.29 is 19.4 Å². The summed E-state index contributed by atoms with van der Waals surface area (Å²) in [5.41, 5.74) is 5.91.